The summed E-state index contributed by atoms with van der Waals surface area (Å²) in [5.41, 5.74) is 0.626. The maximum Gasteiger partial charge on any atom is 0.422 e. The Kier molecular flexibility index (Phi) is 8.07. The number of hydrogen-bond acceptors (Lipinski definition) is 8. The summed E-state index contributed by atoms with van der Waals surface area (Å²) < 4.78 is 60.9. The average molecular weight is 546 g/mol. The van der Waals surface area contributed by atoms with E-state index in [1.165, 1.54) is 43.4 Å². The number of alkyl halides is 3. The van der Waals surface area contributed by atoms with Crippen LogP contribution in [0.1, 0.15) is 24.3 Å². The quantitative estimate of drug-likeness (QED) is 0.279. The van der Waals surface area contributed by atoms with Gasteiger partial charge in [-0.25, -0.2) is 4.98 Å². The molecule has 0 fully saturated rings. The lowest BCUT2D eigenvalue weighted by atomic mass is 10.2. The number of halogens is 3. The van der Waals surface area contributed by atoms with Crippen LogP contribution >= 0.6 is 0 Å². The molecular formula is C26H26F3N5O5. The van der Waals surface area contributed by atoms with Crippen LogP contribution in [0.3, 0.4) is 0 Å². The second-order valence-electron chi connectivity index (χ2n) is 8.84. The molecule has 10 nitrogen and oxygen atoms in total. The molecule has 0 atom stereocenters. The minimum atomic E-state index is -4.56. The van der Waals surface area contributed by atoms with E-state index in [2.05, 4.69) is 20.4 Å². The lowest BCUT2D eigenvalue weighted by Crippen LogP contribution is -2.21. The van der Waals surface area contributed by atoms with Crippen molar-refractivity contribution in [3.63, 3.8) is 0 Å². The first-order valence-electron chi connectivity index (χ1n) is 11.8. The number of anilines is 1. The van der Waals surface area contributed by atoms with E-state index in [-0.39, 0.29) is 28.9 Å². The molecule has 0 spiro atoms. The molecule has 0 bridgehead atoms. The van der Waals surface area contributed by atoms with E-state index in [4.69, 9.17) is 18.9 Å². The summed E-state index contributed by atoms with van der Waals surface area (Å²) in [5.74, 6) is 0.852. The second-order valence-corrected chi connectivity index (χ2v) is 8.84. The molecule has 1 N–H and O–H groups in total. The second kappa shape index (κ2) is 11.5. The fourth-order valence-corrected chi connectivity index (χ4v) is 3.65. The molecule has 3 aromatic heterocycles. The smallest absolute Gasteiger partial charge is 0.422 e. The summed E-state index contributed by atoms with van der Waals surface area (Å²) in [7, 11) is 3.05. The highest BCUT2D eigenvalue weighted by molar-refractivity contribution is 6.04. The van der Waals surface area contributed by atoms with E-state index in [1.54, 1.807) is 24.4 Å². The molecule has 4 aromatic rings. The van der Waals surface area contributed by atoms with Gasteiger partial charge in [-0.3, -0.25) is 14.5 Å². The number of hydrogen-bond donors (Lipinski definition) is 1. The van der Waals surface area contributed by atoms with Gasteiger partial charge in [-0.05, 0) is 24.1 Å². The Bertz CT molecular complexity index is 1460. The molecule has 0 saturated heterocycles. The van der Waals surface area contributed by atoms with Gasteiger partial charge in [0.2, 0.25) is 5.88 Å². The number of carbonyl (C=O) groups is 1. The number of fused-ring (bicyclic) bond motifs is 1. The maximum atomic E-state index is 12.9. The van der Waals surface area contributed by atoms with Crippen LogP contribution in [0.15, 0.2) is 48.9 Å². The number of amides is 1. The number of methoxy groups -OCH3 is 2. The summed E-state index contributed by atoms with van der Waals surface area (Å²) in [6.45, 7) is 2.67. The molecule has 39 heavy (non-hydrogen) atoms. The lowest BCUT2D eigenvalue weighted by Gasteiger charge is -2.12. The van der Waals surface area contributed by atoms with E-state index in [9.17, 15) is 18.0 Å². The highest BCUT2D eigenvalue weighted by Crippen LogP contribution is 2.36. The minimum absolute atomic E-state index is 0.147. The van der Waals surface area contributed by atoms with Crippen molar-refractivity contribution in [2.75, 3.05) is 26.1 Å². The van der Waals surface area contributed by atoms with Gasteiger partial charge in [0.05, 0.1) is 37.8 Å². The maximum absolute atomic E-state index is 12.9. The van der Waals surface area contributed by atoms with Gasteiger partial charge in [-0.15, -0.1) is 0 Å². The fraction of sp³-hybridized carbons (Fsp3) is 0.308. The zero-order valence-corrected chi connectivity index (χ0v) is 21.6. The molecule has 0 aliphatic rings. The topological polar surface area (TPSA) is 110 Å². The van der Waals surface area contributed by atoms with Crippen molar-refractivity contribution in [2.24, 2.45) is 5.92 Å². The number of nitrogens with one attached hydrogen (secondary N) is 1. The van der Waals surface area contributed by atoms with E-state index in [1.807, 2.05) is 13.8 Å². The van der Waals surface area contributed by atoms with Crippen LogP contribution in [0.2, 0.25) is 0 Å². The number of benzene rings is 1. The summed E-state index contributed by atoms with van der Waals surface area (Å²) in [6, 6.07) is 8.20. The monoisotopic (exact) mass is 545 g/mol. The van der Waals surface area contributed by atoms with Crippen molar-refractivity contribution in [2.45, 2.75) is 26.6 Å². The third-order valence-corrected chi connectivity index (χ3v) is 5.30. The molecule has 206 valence electrons. The van der Waals surface area contributed by atoms with Crippen LogP contribution in [-0.4, -0.2) is 52.7 Å². The van der Waals surface area contributed by atoms with Crippen LogP contribution in [-0.2, 0) is 6.54 Å². The van der Waals surface area contributed by atoms with Crippen molar-refractivity contribution < 1.29 is 36.9 Å². The zero-order valence-electron chi connectivity index (χ0n) is 21.6. The highest BCUT2D eigenvalue weighted by atomic mass is 19.4. The molecular weight excluding hydrogens is 519 g/mol. The molecule has 13 heteroatoms. The van der Waals surface area contributed by atoms with Crippen molar-refractivity contribution >= 4 is 22.5 Å². The summed E-state index contributed by atoms with van der Waals surface area (Å²) in [6.07, 6.45) is -0.360. The number of ether oxygens (including phenoxy) is 4. The van der Waals surface area contributed by atoms with Gasteiger partial charge in [-0.1, -0.05) is 13.8 Å². The molecule has 0 aliphatic heterocycles. The Morgan fingerprint density at radius 2 is 1.77 bits per heavy atom. The summed E-state index contributed by atoms with van der Waals surface area (Å²) in [4.78, 5) is 21.4. The van der Waals surface area contributed by atoms with Crippen molar-refractivity contribution in [1.29, 1.82) is 0 Å². The van der Waals surface area contributed by atoms with Gasteiger partial charge in [-0.2, -0.15) is 18.3 Å². The van der Waals surface area contributed by atoms with Crippen LogP contribution in [0, 0.1) is 5.92 Å². The summed E-state index contributed by atoms with van der Waals surface area (Å²) in [5, 5.41) is 7.36. The number of nitrogens with zero attached hydrogens (tertiary/aromatic N) is 4. The predicted molar refractivity (Wildman–Crippen MR) is 136 cm³/mol. The molecule has 1 aromatic carbocycles. The zero-order chi connectivity index (χ0) is 28.2. The van der Waals surface area contributed by atoms with Gasteiger partial charge in [0, 0.05) is 30.3 Å². The van der Waals surface area contributed by atoms with Crippen molar-refractivity contribution in [3.8, 4) is 28.9 Å². The van der Waals surface area contributed by atoms with Gasteiger partial charge >= 0.3 is 6.18 Å². The van der Waals surface area contributed by atoms with Gasteiger partial charge in [0.15, 0.2) is 29.5 Å². The Balaban J connectivity index is 1.51. The standard InChI is InChI=1S/C26H26F3N5O5/c1-15(2)12-34-13-22(38-14-26(27,28)29)24(33-34)25(35)32-16-5-6-23(31-11-16)39-19-7-8-30-18-10-21(37-4)20(36-3)9-17(18)19/h5-11,13,15H,12,14H2,1-4H3,(H,32,35). The third kappa shape index (κ3) is 6.86. The highest BCUT2D eigenvalue weighted by Gasteiger charge is 2.30. The molecule has 1 amide bonds. The third-order valence-electron chi connectivity index (χ3n) is 5.30. The minimum Gasteiger partial charge on any atom is -0.493 e. The van der Waals surface area contributed by atoms with Crippen LogP contribution < -0.4 is 24.3 Å². The number of aromatic nitrogens is 4. The van der Waals surface area contributed by atoms with Crippen LogP contribution in [0.25, 0.3) is 10.9 Å². The molecule has 3 heterocycles. The first-order chi connectivity index (χ1) is 18.6. The van der Waals surface area contributed by atoms with Crippen molar-refractivity contribution in [3.05, 3.63) is 54.6 Å². The van der Waals surface area contributed by atoms with Gasteiger partial charge in [0.25, 0.3) is 5.91 Å². The van der Waals surface area contributed by atoms with Gasteiger partial charge in [0.1, 0.15) is 5.75 Å². The predicted octanol–water partition coefficient (Wildman–Crippen LogP) is 5.49. The van der Waals surface area contributed by atoms with Crippen molar-refractivity contribution in [1.82, 2.24) is 19.7 Å². The Morgan fingerprint density at radius 1 is 1.03 bits per heavy atom. The van der Waals surface area contributed by atoms with E-state index < -0.39 is 18.7 Å². The molecule has 4 rings (SSSR count). The molecule has 0 aliphatic carbocycles. The number of carbonyl (C=O) groups excluding carboxylic acids is 1. The van der Waals surface area contributed by atoms with E-state index in [0.717, 1.165) is 0 Å². The van der Waals surface area contributed by atoms with Crippen LogP contribution in [0.4, 0.5) is 18.9 Å². The van der Waals surface area contributed by atoms with E-state index >= 15 is 0 Å². The number of pyridine rings is 2. The Hall–Kier alpha value is -4.55. The fourth-order valence-electron chi connectivity index (χ4n) is 3.65. The van der Waals surface area contributed by atoms with Crippen LogP contribution in [0.5, 0.6) is 28.9 Å². The normalized spacial score (nSPS) is 11.5. The molecule has 0 radical (unpaired) electrons. The van der Waals surface area contributed by atoms with Gasteiger partial charge < -0.3 is 24.3 Å². The SMILES string of the molecule is COc1cc2nccc(Oc3ccc(NC(=O)c4nn(CC(C)C)cc4OCC(F)(F)F)cn3)c2cc1OC. The Morgan fingerprint density at radius 3 is 2.41 bits per heavy atom. The van der Waals surface area contributed by atoms with E-state index in [0.29, 0.717) is 34.7 Å². The summed E-state index contributed by atoms with van der Waals surface area (Å²) >= 11 is 0. The first kappa shape index (κ1) is 27.5. The number of rotatable bonds is 10. The average Bonchev–Trinajstić information content (AvgIpc) is 3.29. The first-order valence-corrected chi connectivity index (χ1v) is 11.8. The lowest BCUT2D eigenvalue weighted by molar-refractivity contribution is -0.153. The molecule has 0 unspecified atom stereocenters. The Labute approximate surface area is 221 Å². The largest absolute Gasteiger partial charge is 0.493 e. The molecule has 0 saturated carbocycles.